The van der Waals surface area contributed by atoms with Crippen LogP contribution in [-0.2, 0) is 19.9 Å². The highest BCUT2D eigenvalue weighted by atomic mass is 32.2. The first-order chi connectivity index (χ1) is 17.0. The number of ether oxygens (including phenoxy) is 1. The lowest BCUT2D eigenvalue weighted by molar-refractivity contribution is 0.102. The maximum atomic E-state index is 12.6. The molecule has 186 valence electrons. The van der Waals surface area contributed by atoms with Gasteiger partial charge < -0.3 is 9.15 Å². The molecule has 13 heteroatoms. The molecule has 0 aliphatic heterocycles. The fourth-order valence-electron chi connectivity index (χ4n) is 3.08. The summed E-state index contributed by atoms with van der Waals surface area (Å²) in [6.07, 6.45) is 1.08. The number of nitrogens with one attached hydrogen (secondary N) is 2. The summed E-state index contributed by atoms with van der Waals surface area (Å²) in [6.45, 7) is 0. The normalized spacial score (nSPS) is 11.6. The van der Waals surface area contributed by atoms with E-state index in [1.54, 1.807) is 12.1 Å². The smallest absolute Gasteiger partial charge is 0.322 e. The first-order valence-corrected chi connectivity index (χ1v) is 13.6. The van der Waals surface area contributed by atoms with Crippen molar-refractivity contribution in [2.75, 3.05) is 23.4 Å². The number of carbonyl (C=O) groups excluding carboxylic acids is 1. The van der Waals surface area contributed by atoms with Crippen molar-refractivity contribution in [2.24, 2.45) is 0 Å². The molecular formula is C23H20N4O7S2. The zero-order valence-electron chi connectivity index (χ0n) is 19.0. The van der Waals surface area contributed by atoms with E-state index >= 15 is 0 Å². The monoisotopic (exact) mass is 528 g/mol. The third-order valence-corrected chi connectivity index (χ3v) is 7.43. The van der Waals surface area contributed by atoms with Crippen LogP contribution in [-0.4, -0.2) is 46.3 Å². The molecule has 0 saturated heterocycles. The third-order valence-electron chi connectivity index (χ3n) is 4.92. The predicted octanol–water partition coefficient (Wildman–Crippen LogP) is 3.20. The lowest BCUT2D eigenvalue weighted by Crippen LogP contribution is -2.14. The van der Waals surface area contributed by atoms with E-state index in [0.29, 0.717) is 11.3 Å². The zero-order valence-corrected chi connectivity index (χ0v) is 20.6. The molecule has 4 rings (SSSR count). The summed E-state index contributed by atoms with van der Waals surface area (Å²) >= 11 is 0. The van der Waals surface area contributed by atoms with Crippen LogP contribution < -0.4 is 14.8 Å². The molecule has 0 radical (unpaired) electrons. The molecular weight excluding hydrogens is 508 g/mol. The van der Waals surface area contributed by atoms with Crippen LogP contribution in [0.3, 0.4) is 0 Å². The van der Waals surface area contributed by atoms with Crippen molar-refractivity contribution in [3.63, 3.8) is 0 Å². The van der Waals surface area contributed by atoms with Crippen molar-refractivity contribution in [3.05, 3.63) is 78.4 Å². The number of methoxy groups -OCH3 is 1. The number of hydrogen-bond acceptors (Lipinski definition) is 9. The molecule has 11 nitrogen and oxygen atoms in total. The summed E-state index contributed by atoms with van der Waals surface area (Å²) in [6, 6.07) is 17.4. The van der Waals surface area contributed by atoms with E-state index < -0.39 is 25.8 Å². The van der Waals surface area contributed by atoms with Gasteiger partial charge in [-0.2, -0.15) is 0 Å². The van der Waals surface area contributed by atoms with Gasteiger partial charge in [-0.15, -0.1) is 5.10 Å². The van der Waals surface area contributed by atoms with Crippen LogP contribution in [0.1, 0.15) is 10.4 Å². The molecule has 1 heterocycles. The van der Waals surface area contributed by atoms with E-state index in [9.17, 15) is 21.6 Å². The number of hydrogen-bond donors (Lipinski definition) is 2. The van der Waals surface area contributed by atoms with Crippen LogP contribution in [0.2, 0.25) is 0 Å². The largest absolute Gasteiger partial charge is 0.497 e. The Morgan fingerprint density at radius 2 is 1.58 bits per heavy atom. The Kier molecular flexibility index (Phi) is 6.77. The van der Waals surface area contributed by atoms with Gasteiger partial charge in [-0.1, -0.05) is 11.2 Å². The standard InChI is InChI=1S/C23H20N4O7S2/c1-33-18-10-12-19(13-11-18)36(31,32)27-17-8-6-15(7-9-17)21(28)24-23-26-25-22(34-23)16-4-3-5-20(14-16)35(2,29)30/h3-14,27H,1-2H3,(H,24,26,28). The number of aromatic nitrogens is 2. The first-order valence-electron chi connectivity index (χ1n) is 10.3. The molecule has 0 fully saturated rings. The van der Waals surface area contributed by atoms with E-state index in [1.807, 2.05) is 0 Å². The molecule has 36 heavy (non-hydrogen) atoms. The molecule has 0 spiro atoms. The van der Waals surface area contributed by atoms with Crippen LogP contribution in [0, 0.1) is 0 Å². The molecule has 1 amide bonds. The summed E-state index contributed by atoms with van der Waals surface area (Å²) < 4.78 is 61.5. The number of carbonyl (C=O) groups is 1. The number of anilines is 2. The van der Waals surface area contributed by atoms with Crippen molar-refractivity contribution >= 4 is 37.5 Å². The zero-order chi connectivity index (χ0) is 25.9. The Morgan fingerprint density at radius 3 is 2.22 bits per heavy atom. The summed E-state index contributed by atoms with van der Waals surface area (Å²) in [4.78, 5) is 12.7. The van der Waals surface area contributed by atoms with Crippen molar-refractivity contribution in [3.8, 4) is 17.2 Å². The second kappa shape index (κ2) is 9.79. The maximum Gasteiger partial charge on any atom is 0.322 e. The van der Waals surface area contributed by atoms with Crippen LogP contribution in [0.4, 0.5) is 11.7 Å². The van der Waals surface area contributed by atoms with Gasteiger partial charge >= 0.3 is 6.01 Å². The Bertz CT molecular complexity index is 1610. The van der Waals surface area contributed by atoms with Crippen molar-refractivity contribution < 1.29 is 30.8 Å². The topological polar surface area (TPSA) is 158 Å². The van der Waals surface area contributed by atoms with E-state index in [-0.39, 0.29) is 32.9 Å². The highest BCUT2D eigenvalue weighted by Crippen LogP contribution is 2.24. The third kappa shape index (κ3) is 5.70. The fraction of sp³-hybridized carbons (Fsp3) is 0.0870. The van der Waals surface area contributed by atoms with Gasteiger partial charge in [-0.3, -0.25) is 14.8 Å². The quantitative estimate of drug-likeness (QED) is 0.350. The maximum absolute atomic E-state index is 12.6. The summed E-state index contributed by atoms with van der Waals surface area (Å²) in [5.41, 5.74) is 0.842. The summed E-state index contributed by atoms with van der Waals surface area (Å²) in [5.74, 6) is -0.0150. The SMILES string of the molecule is COc1ccc(S(=O)(=O)Nc2ccc(C(=O)Nc3nnc(-c4cccc(S(C)(=O)=O)c4)o3)cc2)cc1. The molecule has 0 aliphatic carbocycles. The van der Waals surface area contributed by atoms with Gasteiger partial charge in [0.05, 0.1) is 16.9 Å². The van der Waals surface area contributed by atoms with Gasteiger partial charge in [0, 0.05) is 23.1 Å². The Hall–Kier alpha value is -4.23. The molecule has 3 aromatic carbocycles. The second-order valence-corrected chi connectivity index (χ2v) is 11.2. The van der Waals surface area contributed by atoms with Gasteiger partial charge in [0.2, 0.25) is 5.89 Å². The minimum atomic E-state index is -3.83. The molecule has 0 bridgehead atoms. The van der Waals surface area contributed by atoms with Gasteiger partial charge in [0.15, 0.2) is 9.84 Å². The van der Waals surface area contributed by atoms with Crippen LogP contribution in [0.5, 0.6) is 5.75 Å². The number of nitrogens with zero attached hydrogens (tertiary/aromatic N) is 2. The first kappa shape index (κ1) is 24.9. The van der Waals surface area contributed by atoms with E-state index in [1.165, 1.54) is 67.8 Å². The molecule has 0 atom stereocenters. The molecule has 0 unspecified atom stereocenters. The van der Waals surface area contributed by atoms with Crippen LogP contribution >= 0.6 is 0 Å². The van der Waals surface area contributed by atoms with E-state index in [4.69, 9.17) is 9.15 Å². The lowest BCUT2D eigenvalue weighted by Gasteiger charge is -2.09. The van der Waals surface area contributed by atoms with E-state index in [2.05, 4.69) is 20.2 Å². The molecule has 0 aliphatic rings. The fourth-order valence-corrected chi connectivity index (χ4v) is 4.80. The number of benzene rings is 3. The van der Waals surface area contributed by atoms with Crippen LogP contribution in [0.15, 0.2) is 87.0 Å². The number of rotatable bonds is 8. The van der Waals surface area contributed by atoms with Crippen molar-refractivity contribution in [2.45, 2.75) is 9.79 Å². The Balaban J connectivity index is 1.43. The average Bonchev–Trinajstić information content (AvgIpc) is 3.32. The van der Waals surface area contributed by atoms with Crippen LogP contribution in [0.25, 0.3) is 11.5 Å². The minimum Gasteiger partial charge on any atom is -0.497 e. The van der Waals surface area contributed by atoms with Gasteiger partial charge in [-0.25, -0.2) is 16.8 Å². The molecule has 4 aromatic rings. The predicted molar refractivity (Wildman–Crippen MR) is 131 cm³/mol. The van der Waals surface area contributed by atoms with Crippen molar-refractivity contribution in [1.29, 1.82) is 0 Å². The molecule has 2 N–H and O–H groups in total. The Morgan fingerprint density at radius 1 is 0.889 bits per heavy atom. The highest BCUT2D eigenvalue weighted by molar-refractivity contribution is 7.92. The second-order valence-electron chi connectivity index (χ2n) is 7.52. The summed E-state index contributed by atoms with van der Waals surface area (Å²) in [5, 5.41) is 10.1. The van der Waals surface area contributed by atoms with Gasteiger partial charge in [0.1, 0.15) is 5.75 Å². The molecule has 1 aromatic heterocycles. The molecule has 0 saturated carbocycles. The average molecular weight is 529 g/mol. The number of sulfone groups is 1. The highest BCUT2D eigenvalue weighted by Gasteiger charge is 2.17. The van der Waals surface area contributed by atoms with E-state index in [0.717, 1.165) is 6.26 Å². The van der Waals surface area contributed by atoms with Crippen molar-refractivity contribution in [1.82, 2.24) is 10.2 Å². The summed E-state index contributed by atoms with van der Waals surface area (Å²) in [7, 11) is -5.77. The Labute approximate surface area is 207 Å². The number of amides is 1. The number of sulfonamides is 1. The van der Waals surface area contributed by atoms with Gasteiger partial charge in [0.25, 0.3) is 15.9 Å². The lowest BCUT2D eigenvalue weighted by atomic mass is 10.2. The van der Waals surface area contributed by atoms with Gasteiger partial charge in [-0.05, 0) is 66.7 Å². The minimum absolute atomic E-state index is 0.0269.